The van der Waals surface area contributed by atoms with Crippen LogP contribution >= 0.6 is 11.6 Å². The fourth-order valence-electron chi connectivity index (χ4n) is 3.46. The minimum absolute atomic E-state index is 0.285. The van der Waals surface area contributed by atoms with Crippen molar-refractivity contribution in [1.82, 2.24) is 25.1 Å². The lowest BCUT2D eigenvalue weighted by atomic mass is 10.1. The van der Waals surface area contributed by atoms with Crippen LogP contribution < -0.4 is 10.9 Å². The highest BCUT2D eigenvalue weighted by Gasteiger charge is 2.16. The smallest absolute Gasteiger partial charge is 0.281 e. The van der Waals surface area contributed by atoms with Crippen LogP contribution in [0.1, 0.15) is 15.9 Å². The van der Waals surface area contributed by atoms with E-state index in [4.69, 9.17) is 11.6 Å². The summed E-state index contributed by atoms with van der Waals surface area (Å²) in [7, 11) is 0. The molecule has 2 aromatic heterocycles. The number of fused-ring (bicyclic) bond motifs is 3. The normalized spacial score (nSPS) is 11.2. The van der Waals surface area contributed by atoms with Crippen LogP contribution in [0.4, 0.5) is 4.39 Å². The van der Waals surface area contributed by atoms with Gasteiger partial charge in [0.15, 0.2) is 5.65 Å². The zero-order chi connectivity index (χ0) is 22.2. The topological polar surface area (TPSA) is 92.2 Å². The van der Waals surface area contributed by atoms with Gasteiger partial charge in [0.25, 0.3) is 11.5 Å². The first-order valence-electron chi connectivity index (χ1n) is 9.69. The molecule has 0 unspecified atom stereocenters. The Bertz CT molecular complexity index is 1530. The first-order valence-corrected chi connectivity index (χ1v) is 10.1. The molecule has 0 atom stereocenters. The average Bonchev–Trinajstić information content (AvgIpc) is 3.22. The molecule has 0 bridgehead atoms. The number of halogens is 2. The summed E-state index contributed by atoms with van der Waals surface area (Å²) >= 11 is 5.89. The summed E-state index contributed by atoms with van der Waals surface area (Å²) in [6.07, 6.45) is 0. The van der Waals surface area contributed by atoms with Crippen molar-refractivity contribution >= 4 is 34.1 Å². The summed E-state index contributed by atoms with van der Waals surface area (Å²) in [4.78, 5) is 29.4. The molecule has 9 heteroatoms. The number of nitrogens with one attached hydrogen (secondary N) is 2. The van der Waals surface area contributed by atoms with Crippen LogP contribution in [0, 0.1) is 5.82 Å². The summed E-state index contributed by atoms with van der Waals surface area (Å²) in [5.41, 5.74) is 2.59. The fourth-order valence-corrected chi connectivity index (χ4v) is 3.58. The number of rotatable bonds is 4. The molecule has 0 radical (unpaired) electrons. The summed E-state index contributed by atoms with van der Waals surface area (Å²) < 4.78 is 14.8. The monoisotopic (exact) mass is 447 g/mol. The number of hydrogen-bond acceptors (Lipinski definition) is 4. The van der Waals surface area contributed by atoms with Crippen LogP contribution in [-0.4, -0.2) is 25.7 Å². The number of amides is 1. The maximum Gasteiger partial charge on any atom is 0.281 e. The molecular weight excluding hydrogens is 433 g/mol. The van der Waals surface area contributed by atoms with Crippen molar-refractivity contribution in [2.45, 2.75) is 6.54 Å². The van der Waals surface area contributed by atoms with Gasteiger partial charge in [0.05, 0.1) is 10.9 Å². The van der Waals surface area contributed by atoms with E-state index in [1.165, 1.54) is 16.6 Å². The molecule has 2 heterocycles. The maximum atomic E-state index is 13.3. The van der Waals surface area contributed by atoms with Gasteiger partial charge in [-0.1, -0.05) is 23.7 Å². The lowest BCUT2D eigenvalue weighted by Crippen LogP contribution is -2.23. The van der Waals surface area contributed by atoms with E-state index < -0.39 is 5.56 Å². The number of H-pyrrole nitrogens is 1. The third-order valence-electron chi connectivity index (χ3n) is 5.11. The van der Waals surface area contributed by atoms with E-state index in [9.17, 15) is 14.0 Å². The Hall–Kier alpha value is -4.04. The molecule has 0 aliphatic carbocycles. The van der Waals surface area contributed by atoms with Gasteiger partial charge in [-0.2, -0.15) is 10.1 Å². The second kappa shape index (κ2) is 7.90. The molecule has 1 amide bonds. The van der Waals surface area contributed by atoms with Gasteiger partial charge in [-0.15, -0.1) is 0 Å². The second-order valence-electron chi connectivity index (χ2n) is 7.18. The van der Waals surface area contributed by atoms with Gasteiger partial charge in [-0.05, 0) is 60.2 Å². The van der Waals surface area contributed by atoms with Crippen molar-refractivity contribution in [3.8, 4) is 11.3 Å². The Kier molecular flexibility index (Phi) is 4.91. The van der Waals surface area contributed by atoms with Gasteiger partial charge in [-0.25, -0.2) is 14.1 Å². The van der Waals surface area contributed by atoms with E-state index in [2.05, 4.69) is 20.6 Å². The molecular formula is C23H15ClFN5O2. The van der Waals surface area contributed by atoms with Gasteiger partial charge in [-0.3, -0.25) is 9.59 Å². The molecule has 0 saturated heterocycles. The number of aromatic amines is 1. The van der Waals surface area contributed by atoms with E-state index in [0.29, 0.717) is 39.3 Å². The predicted molar refractivity (Wildman–Crippen MR) is 119 cm³/mol. The van der Waals surface area contributed by atoms with Gasteiger partial charge < -0.3 is 5.32 Å². The van der Waals surface area contributed by atoms with Crippen LogP contribution in [0.25, 0.3) is 27.8 Å². The molecule has 32 heavy (non-hydrogen) atoms. The van der Waals surface area contributed by atoms with Gasteiger partial charge in [0.2, 0.25) is 0 Å². The van der Waals surface area contributed by atoms with E-state index in [1.54, 1.807) is 42.5 Å². The summed E-state index contributed by atoms with van der Waals surface area (Å²) in [6, 6.07) is 17.7. The zero-order valence-corrected chi connectivity index (χ0v) is 17.2. The van der Waals surface area contributed by atoms with Gasteiger partial charge in [0.1, 0.15) is 11.5 Å². The molecule has 0 fully saturated rings. The number of carbonyl (C=O) groups excluding carboxylic acids is 1. The van der Waals surface area contributed by atoms with Crippen molar-refractivity contribution in [3.05, 3.63) is 99.1 Å². The molecule has 7 nitrogen and oxygen atoms in total. The Morgan fingerprint density at radius 1 is 1.06 bits per heavy atom. The predicted octanol–water partition coefficient (Wildman–Crippen LogP) is 3.96. The number of carbonyl (C=O) groups is 1. The third-order valence-corrected chi connectivity index (χ3v) is 5.36. The summed E-state index contributed by atoms with van der Waals surface area (Å²) in [5.74, 6) is -0.670. The van der Waals surface area contributed by atoms with E-state index in [0.717, 1.165) is 5.56 Å². The third kappa shape index (κ3) is 3.61. The molecule has 2 N–H and O–H groups in total. The molecule has 0 saturated carbocycles. The largest absolute Gasteiger partial charge is 0.348 e. The SMILES string of the molecule is O=C(NCc1ccc(Cl)cc1)c1ccc2c(=O)nc3c(-c4ccc(F)cc4)n[nH]n3c2c1. The minimum Gasteiger partial charge on any atom is -0.348 e. The minimum atomic E-state index is -0.446. The van der Waals surface area contributed by atoms with Gasteiger partial charge in [0, 0.05) is 22.7 Å². The quantitative estimate of drug-likeness (QED) is 0.436. The van der Waals surface area contributed by atoms with E-state index in [-0.39, 0.29) is 17.4 Å². The van der Waals surface area contributed by atoms with Crippen LogP contribution in [-0.2, 0) is 6.54 Å². The van der Waals surface area contributed by atoms with Crippen LogP contribution in [0.2, 0.25) is 5.02 Å². The number of benzene rings is 3. The Morgan fingerprint density at radius 3 is 2.56 bits per heavy atom. The summed E-state index contributed by atoms with van der Waals surface area (Å²) in [5, 5.41) is 10.9. The number of nitrogens with zero attached hydrogens (tertiary/aromatic N) is 3. The first-order chi connectivity index (χ1) is 15.5. The fraction of sp³-hybridized carbons (Fsp3) is 0.0435. The number of aromatic nitrogens is 4. The molecule has 5 rings (SSSR count). The Morgan fingerprint density at radius 2 is 1.81 bits per heavy atom. The Balaban J connectivity index is 1.52. The highest BCUT2D eigenvalue weighted by molar-refractivity contribution is 6.30. The molecule has 158 valence electrons. The number of hydrogen-bond donors (Lipinski definition) is 2. The van der Waals surface area contributed by atoms with Crippen molar-refractivity contribution in [1.29, 1.82) is 0 Å². The lowest BCUT2D eigenvalue weighted by Gasteiger charge is -2.07. The highest BCUT2D eigenvalue weighted by atomic mass is 35.5. The van der Waals surface area contributed by atoms with E-state index in [1.807, 2.05) is 12.1 Å². The molecule has 3 aromatic carbocycles. The molecule has 5 aromatic rings. The second-order valence-corrected chi connectivity index (χ2v) is 7.62. The lowest BCUT2D eigenvalue weighted by molar-refractivity contribution is 0.0951. The standard InChI is InChI=1S/C23H15ClFN5O2/c24-16-6-1-13(2-7-16)12-26-22(31)15-5-10-18-19(11-15)30-21(27-23(18)32)20(28-29-30)14-3-8-17(25)9-4-14/h1-11,29H,12H2,(H,26,31). The van der Waals surface area contributed by atoms with Crippen molar-refractivity contribution < 1.29 is 9.18 Å². The van der Waals surface area contributed by atoms with Gasteiger partial charge >= 0.3 is 0 Å². The van der Waals surface area contributed by atoms with Crippen LogP contribution in [0.15, 0.2) is 71.5 Å². The maximum absolute atomic E-state index is 13.3. The van der Waals surface area contributed by atoms with Crippen LogP contribution in [0.5, 0.6) is 0 Å². The van der Waals surface area contributed by atoms with Crippen molar-refractivity contribution in [3.63, 3.8) is 0 Å². The van der Waals surface area contributed by atoms with Crippen LogP contribution in [0.3, 0.4) is 0 Å². The molecule has 0 aliphatic rings. The zero-order valence-electron chi connectivity index (χ0n) is 16.5. The van der Waals surface area contributed by atoms with E-state index >= 15 is 0 Å². The highest BCUT2D eigenvalue weighted by Crippen LogP contribution is 2.23. The van der Waals surface area contributed by atoms with Crippen molar-refractivity contribution in [2.24, 2.45) is 0 Å². The van der Waals surface area contributed by atoms with Crippen molar-refractivity contribution in [2.75, 3.05) is 0 Å². The average molecular weight is 448 g/mol. The molecule has 0 spiro atoms. The molecule has 0 aliphatic heterocycles. The first kappa shape index (κ1) is 19.9. The Labute approximate surface area is 185 Å². The summed E-state index contributed by atoms with van der Waals surface area (Å²) in [6.45, 7) is 0.332.